The lowest BCUT2D eigenvalue weighted by molar-refractivity contribution is 0.954. The topological polar surface area (TPSA) is 33.6 Å². The highest BCUT2D eigenvalue weighted by atomic mass is 32.1. The highest BCUT2D eigenvalue weighted by Crippen LogP contribution is 2.28. The predicted molar refractivity (Wildman–Crippen MR) is 97.7 cm³/mol. The van der Waals surface area contributed by atoms with E-state index in [1.165, 1.54) is 22.4 Å². The van der Waals surface area contributed by atoms with Gasteiger partial charge in [0.15, 0.2) is 10.6 Å². The van der Waals surface area contributed by atoms with Gasteiger partial charge >= 0.3 is 0 Å². The first kappa shape index (κ1) is 15.7. The summed E-state index contributed by atoms with van der Waals surface area (Å²) < 4.78 is 2.73. The number of aromatic amines is 1. The highest BCUT2D eigenvalue weighted by molar-refractivity contribution is 7.71. The van der Waals surface area contributed by atoms with E-state index >= 15 is 0 Å². The van der Waals surface area contributed by atoms with E-state index in [0.717, 1.165) is 24.2 Å². The molecule has 1 aromatic heterocycles. The van der Waals surface area contributed by atoms with Crippen LogP contribution in [-0.4, -0.2) is 14.8 Å². The van der Waals surface area contributed by atoms with Crippen LogP contribution in [0.4, 0.5) is 0 Å². The molecule has 4 heteroatoms. The average Bonchev–Trinajstić information content (AvgIpc) is 2.95. The third-order valence-corrected chi connectivity index (χ3v) is 4.52. The summed E-state index contributed by atoms with van der Waals surface area (Å²) in [4.78, 5) is 0. The van der Waals surface area contributed by atoms with Crippen LogP contribution in [0.25, 0.3) is 17.1 Å². The molecule has 0 fully saturated rings. The lowest BCUT2D eigenvalue weighted by Crippen LogP contribution is -2.06. The smallest absolute Gasteiger partial charge is 0.200 e. The molecule has 0 unspecified atom stereocenters. The number of aryl methyl sites for hydroxylation is 3. The van der Waals surface area contributed by atoms with Crippen molar-refractivity contribution in [1.82, 2.24) is 14.8 Å². The number of rotatable bonds is 4. The van der Waals surface area contributed by atoms with Gasteiger partial charge in [-0.05, 0) is 48.7 Å². The van der Waals surface area contributed by atoms with Gasteiger partial charge in [-0.15, -0.1) is 0 Å². The van der Waals surface area contributed by atoms with E-state index in [1.54, 1.807) is 0 Å². The van der Waals surface area contributed by atoms with Gasteiger partial charge in [0, 0.05) is 5.56 Å². The Kier molecular flexibility index (Phi) is 4.44. The van der Waals surface area contributed by atoms with Gasteiger partial charge in [-0.3, -0.25) is 9.67 Å². The lowest BCUT2D eigenvalue weighted by Gasteiger charge is -2.16. The van der Waals surface area contributed by atoms with Crippen LogP contribution in [0.3, 0.4) is 0 Å². The second kappa shape index (κ2) is 6.50. The second-order valence-corrected chi connectivity index (χ2v) is 6.02. The van der Waals surface area contributed by atoms with Crippen LogP contribution in [0.1, 0.15) is 30.5 Å². The SMILES string of the molecule is CCc1cccc(CC)c1-n1c(-c2ccccc2C)n[nH]c1=S. The quantitative estimate of drug-likeness (QED) is 0.683. The summed E-state index contributed by atoms with van der Waals surface area (Å²) in [5.74, 6) is 0.878. The number of aromatic nitrogens is 3. The molecule has 3 nitrogen and oxygen atoms in total. The van der Waals surface area contributed by atoms with Crippen LogP contribution < -0.4 is 0 Å². The molecule has 0 amide bonds. The van der Waals surface area contributed by atoms with Crippen LogP contribution in [0.15, 0.2) is 42.5 Å². The van der Waals surface area contributed by atoms with E-state index < -0.39 is 0 Å². The van der Waals surface area contributed by atoms with Crippen LogP contribution in [0.5, 0.6) is 0 Å². The van der Waals surface area contributed by atoms with Crippen molar-refractivity contribution in [3.63, 3.8) is 0 Å². The molecule has 0 spiro atoms. The van der Waals surface area contributed by atoms with Gasteiger partial charge < -0.3 is 0 Å². The third kappa shape index (κ3) is 2.75. The molecule has 0 aliphatic heterocycles. The van der Waals surface area contributed by atoms with Gasteiger partial charge in [-0.2, -0.15) is 5.10 Å². The molecule has 2 aromatic carbocycles. The predicted octanol–water partition coefficient (Wildman–Crippen LogP) is 5.03. The summed E-state index contributed by atoms with van der Waals surface area (Å²) in [6.07, 6.45) is 1.92. The molecular formula is C19H21N3S. The molecule has 1 heterocycles. The van der Waals surface area contributed by atoms with Crippen molar-refractivity contribution in [3.05, 3.63) is 63.9 Å². The zero-order chi connectivity index (χ0) is 16.4. The third-order valence-electron chi connectivity index (χ3n) is 4.25. The summed E-state index contributed by atoms with van der Waals surface area (Å²) >= 11 is 5.56. The lowest BCUT2D eigenvalue weighted by atomic mass is 10.0. The van der Waals surface area contributed by atoms with E-state index in [2.05, 4.69) is 65.9 Å². The van der Waals surface area contributed by atoms with E-state index in [1.807, 2.05) is 12.1 Å². The van der Waals surface area contributed by atoms with E-state index in [9.17, 15) is 0 Å². The average molecular weight is 323 g/mol. The molecule has 0 atom stereocenters. The second-order valence-electron chi connectivity index (χ2n) is 5.63. The zero-order valence-corrected chi connectivity index (χ0v) is 14.6. The van der Waals surface area contributed by atoms with Gasteiger partial charge in [0.1, 0.15) is 0 Å². The van der Waals surface area contributed by atoms with Gasteiger partial charge in [-0.25, -0.2) is 0 Å². The Bertz CT molecular complexity index is 867. The van der Waals surface area contributed by atoms with Crippen molar-refractivity contribution in [1.29, 1.82) is 0 Å². The minimum absolute atomic E-state index is 0.638. The van der Waals surface area contributed by atoms with E-state index in [0.29, 0.717) is 4.77 Å². The molecular weight excluding hydrogens is 302 g/mol. The molecule has 0 aliphatic rings. The maximum absolute atomic E-state index is 5.56. The van der Waals surface area contributed by atoms with Crippen LogP contribution in [-0.2, 0) is 12.8 Å². The maximum atomic E-state index is 5.56. The fourth-order valence-corrected chi connectivity index (χ4v) is 3.23. The largest absolute Gasteiger partial charge is 0.268 e. The molecule has 118 valence electrons. The Labute approximate surface area is 142 Å². The van der Waals surface area contributed by atoms with Gasteiger partial charge in [0.25, 0.3) is 0 Å². The van der Waals surface area contributed by atoms with Crippen LogP contribution in [0, 0.1) is 11.7 Å². The number of nitrogens with zero attached hydrogens (tertiary/aromatic N) is 2. The molecule has 0 aliphatic carbocycles. The minimum Gasteiger partial charge on any atom is -0.268 e. The monoisotopic (exact) mass is 323 g/mol. The Hall–Kier alpha value is -2.20. The van der Waals surface area contributed by atoms with Crippen molar-refractivity contribution in [2.24, 2.45) is 0 Å². The number of para-hydroxylation sites is 1. The molecule has 3 aromatic rings. The van der Waals surface area contributed by atoms with Crippen LogP contribution >= 0.6 is 12.2 Å². The fourth-order valence-electron chi connectivity index (χ4n) is 3.01. The summed E-state index contributed by atoms with van der Waals surface area (Å²) in [6.45, 7) is 6.45. The van der Waals surface area contributed by atoms with Crippen molar-refractivity contribution < 1.29 is 0 Å². The molecule has 0 saturated heterocycles. The molecule has 0 saturated carbocycles. The molecule has 0 radical (unpaired) electrons. The van der Waals surface area contributed by atoms with Crippen molar-refractivity contribution >= 4 is 12.2 Å². The Balaban J connectivity index is 2.34. The summed E-state index contributed by atoms with van der Waals surface area (Å²) in [7, 11) is 0. The number of hydrogen-bond acceptors (Lipinski definition) is 2. The summed E-state index contributed by atoms with van der Waals surface area (Å²) in [5, 5.41) is 7.50. The Morgan fingerprint density at radius 2 is 1.65 bits per heavy atom. The summed E-state index contributed by atoms with van der Waals surface area (Å²) in [5.41, 5.74) is 6.05. The van der Waals surface area contributed by atoms with Gasteiger partial charge in [0.2, 0.25) is 0 Å². The normalized spacial score (nSPS) is 10.9. The molecule has 23 heavy (non-hydrogen) atoms. The minimum atomic E-state index is 0.638. The first-order chi connectivity index (χ1) is 11.2. The zero-order valence-electron chi connectivity index (χ0n) is 13.8. The van der Waals surface area contributed by atoms with Gasteiger partial charge in [-0.1, -0.05) is 56.3 Å². The van der Waals surface area contributed by atoms with Crippen molar-refractivity contribution in [2.45, 2.75) is 33.6 Å². The number of H-pyrrole nitrogens is 1. The van der Waals surface area contributed by atoms with E-state index in [-0.39, 0.29) is 0 Å². The molecule has 3 rings (SSSR count). The van der Waals surface area contributed by atoms with Gasteiger partial charge in [0.05, 0.1) is 5.69 Å². The van der Waals surface area contributed by atoms with Crippen molar-refractivity contribution in [2.75, 3.05) is 0 Å². The van der Waals surface area contributed by atoms with E-state index in [4.69, 9.17) is 12.2 Å². The maximum Gasteiger partial charge on any atom is 0.200 e. The Morgan fingerprint density at radius 1 is 1.00 bits per heavy atom. The Morgan fingerprint density at radius 3 is 2.26 bits per heavy atom. The summed E-state index contributed by atoms with van der Waals surface area (Å²) in [6, 6.07) is 14.7. The standard InChI is InChI=1S/C19H21N3S/c1-4-14-10-8-11-15(5-2)17(14)22-18(20-21-19(22)23)16-12-7-6-9-13(16)3/h6-12H,4-5H2,1-3H3,(H,21,23). The van der Waals surface area contributed by atoms with Crippen LogP contribution in [0.2, 0.25) is 0 Å². The first-order valence-electron chi connectivity index (χ1n) is 8.01. The van der Waals surface area contributed by atoms with Crippen molar-refractivity contribution in [3.8, 4) is 17.1 Å². The first-order valence-corrected chi connectivity index (χ1v) is 8.42. The number of benzene rings is 2. The fraction of sp³-hybridized carbons (Fsp3) is 0.263. The number of hydrogen-bond donors (Lipinski definition) is 1. The highest BCUT2D eigenvalue weighted by Gasteiger charge is 2.17. The molecule has 0 bridgehead atoms. The number of nitrogens with one attached hydrogen (secondary N) is 1. The molecule has 1 N–H and O–H groups in total.